The zero-order valence-electron chi connectivity index (χ0n) is 14.6. The fraction of sp³-hybridized carbons (Fsp3) is 0.389. The monoisotopic (exact) mass is 361 g/mol. The highest BCUT2D eigenvalue weighted by Gasteiger charge is 2.15. The first kappa shape index (κ1) is 19.1. The van der Waals surface area contributed by atoms with E-state index in [4.69, 9.17) is 4.74 Å². The average Bonchev–Trinajstić information content (AvgIpc) is 3.03. The number of aromatic nitrogens is 3. The number of thioether (sulfide) groups is 1. The number of nitrogens with zero attached hydrogens (tertiary/aromatic N) is 3. The van der Waals surface area contributed by atoms with Crippen LogP contribution in [0.25, 0.3) is 11.4 Å². The van der Waals surface area contributed by atoms with Gasteiger partial charge in [0.1, 0.15) is 5.75 Å². The Bertz CT molecular complexity index is 698. The topological polar surface area (TPSA) is 66.2 Å². The third kappa shape index (κ3) is 5.35. The lowest BCUT2D eigenvalue weighted by Gasteiger charge is -2.09. The minimum absolute atomic E-state index is 0.190. The third-order valence-corrected chi connectivity index (χ3v) is 4.39. The van der Waals surface area contributed by atoms with Gasteiger partial charge in [-0.15, -0.1) is 16.8 Å². The second-order valence-electron chi connectivity index (χ2n) is 5.30. The Morgan fingerprint density at radius 2 is 2.08 bits per heavy atom. The van der Waals surface area contributed by atoms with Crippen LogP contribution in [0.3, 0.4) is 0 Å². The van der Waals surface area contributed by atoms with Gasteiger partial charge in [0.15, 0.2) is 11.0 Å². The standard InChI is InChI=1S/C18H23N3O3S/c1-4-6-12-24-15-9-7-14(8-10-15)17-19-20-18(21(17)11-5-2)25-13-16(22)23-3/h5,7-10H,2,4,6,11-13H2,1,3H3. The van der Waals surface area contributed by atoms with E-state index >= 15 is 0 Å². The van der Waals surface area contributed by atoms with Gasteiger partial charge < -0.3 is 9.47 Å². The van der Waals surface area contributed by atoms with E-state index in [1.165, 1.54) is 18.9 Å². The van der Waals surface area contributed by atoms with Crippen molar-refractivity contribution in [3.05, 3.63) is 36.9 Å². The molecule has 0 saturated heterocycles. The van der Waals surface area contributed by atoms with E-state index in [2.05, 4.69) is 28.4 Å². The number of rotatable bonds is 10. The molecule has 0 unspecified atom stereocenters. The Labute approximate surface area is 152 Å². The molecule has 7 heteroatoms. The highest BCUT2D eigenvalue weighted by atomic mass is 32.2. The summed E-state index contributed by atoms with van der Waals surface area (Å²) in [5, 5.41) is 9.11. The van der Waals surface area contributed by atoms with E-state index in [9.17, 15) is 4.79 Å². The van der Waals surface area contributed by atoms with E-state index in [0.29, 0.717) is 11.7 Å². The lowest BCUT2D eigenvalue weighted by molar-refractivity contribution is -0.137. The van der Waals surface area contributed by atoms with Crippen molar-refractivity contribution in [1.29, 1.82) is 0 Å². The van der Waals surface area contributed by atoms with Crippen molar-refractivity contribution in [3.8, 4) is 17.1 Å². The molecule has 134 valence electrons. The fourth-order valence-corrected chi connectivity index (χ4v) is 2.90. The number of benzene rings is 1. The molecule has 1 heterocycles. The molecule has 2 aromatic rings. The van der Waals surface area contributed by atoms with Gasteiger partial charge in [-0.3, -0.25) is 9.36 Å². The van der Waals surface area contributed by atoms with Crippen molar-refractivity contribution in [3.63, 3.8) is 0 Å². The molecule has 25 heavy (non-hydrogen) atoms. The molecule has 0 aliphatic heterocycles. The smallest absolute Gasteiger partial charge is 0.316 e. The van der Waals surface area contributed by atoms with Gasteiger partial charge in [0, 0.05) is 12.1 Å². The molecule has 0 N–H and O–H groups in total. The number of allylic oxidation sites excluding steroid dienone is 1. The van der Waals surface area contributed by atoms with Crippen LogP contribution in [0.15, 0.2) is 42.1 Å². The van der Waals surface area contributed by atoms with Crippen LogP contribution in [-0.4, -0.2) is 40.2 Å². The normalized spacial score (nSPS) is 10.5. The van der Waals surface area contributed by atoms with E-state index < -0.39 is 0 Å². The van der Waals surface area contributed by atoms with Crippen LogP contribution in [0.2, 0.25) is 0 Å². The maximum Gasteiger partial charge on any atom is 0.316 e. The van der Waals surface area contributed by atoms with Gasteiger partial charge >= 0.3 is 5.97 Å². The Hall–Kier alpha value is -2.28. The van der Waals surface area contributed by atoms with E-state index in [1.807, 2.05) is 28.8 Å². The Morgan fingerprint density at radius 3 is 2.72 bits per heavy atom. The zero-order chi connectivity index (χ0) is 18.1. The molecule has 2 rings (SSSR count). The van der Waals surface area contributed by atoms with Gasteiger partial charge in [0.25, 0.3) is 0 Å². The first-order valence-electron chi connectivity index (χ1n) is 8.16. The van der Waals surface area contributed by atoms with E-state index in [1.54, 1.807) is 6.08 Å². The van der Waals surface area contributed by atoms with Crippen LogP contribution in [0.4, 0.5) is 0 Å². The summed E-state index contributed by atoms with van der Waals surface area (Å²) < 4.78 is 12.3. The average molecular weight is 361 g/mol. The maximum absolute atomic E-state index is 11.3. The molecule has 0 bridgehead atoms. The second kappa shape index (κ2) is 9.88. The Morgan fingerprint density at radius 1 is 1.32 bits per heavy atom. The van der Waals surface area contributed by atoms with Gasteiger partial charge in [-0.05, 0) is 30.7 Å². The quantitative estimate of drug-likeness (QED) is 0.279. The molecule has 0 saturated carbocycles. The summed E-state index contributed by atoms with van der Waals surface area (Å²) in [6, 6.07) is 7.78. The Kier molecular flexibility index (Phi) is 7.53. The van der Waals surface area contributed by atoms with E-state index in [-0.39, 0.29) is 11.7 Å². The molecule has 0 fully saturated rings. The summed E-state index contributed by atoms with van der Waals surface area (Å²) in [5.74, 6) is 1.46. The summed E-state index contributed by atoms with van der Waals surface area (Å²) >= 11 is 1.29. The summed E-state index contributed by atoms with van der Waals surface area (Å²) in [5.41, 5.74) is 0.933. The van der Waals surface area contributed by atoms with Crippen molar-refractivity contribution < 1.29 is 14.3 Å². The molecule has 6 nitrogen and oxygen atoms in total. The summed E-state index contributed by atoms with van der Waals surface area (Å²) in [6.07, 6.45) is 3.92. The van der Waals surface area contributed by atoms with Crippen molar-refractivity contribution in [2.75, 3.05) is 19.5 Å². The first-order chi connectivity index (χ1) is 12.2. The number of unbranched alkanes of at least 4 members (excludes halogenated alkanes) is 1. The number of methoxy groups -OCH3 is 1. The minimum Gasteiger partial charge on any atom is -0.494 e. The SMILES string of the molecule is C=CCn1c(SCC(=O)OC)nnc1-c1ccc(OCCCC)cc1. The highest BCUT2D eigenvalue weighted by molar-refractivity contribution is 7.99. The lowest BCUT2D eigenvalue weighted by Crippen LogP contribution is -2.06. The third-order valence-electron chi connectivity index (χ3n) is 3.45. The molecule has 0 radical (unpaired) electrons. The molecule has 0 atom stereocenters. The van der Waals surface area contributed by atoms with Gasteiger partial charge in [-0.1, -0.05) is 31.2 Å². The molecule has 1 aromatic heterocycles. The molecule has 0 spiro atoms. The predicted octanol–water partition coefficient (Wildman–Crippen LogP) is 3.58. The van der Waals surface area contributed by atoms with Gasteiger partial charge in [0.05, 0.1) is 19.5 Å². The number of ether oxygens (including phenoxy) is 2. The highest BCUT2D eigenvalue weighted by Crippen LogP contribution is 2.26. The fourth-order valence-electron chi connectivity index (χ4n) is 2.12. The van der Waals surface area contributed by atoms with Crippen LogP contribution < -0.4 is 4.74 Å². The van der Waals surface area contributed by atoms with Gasteiger partial charge in [-0.2, -0.15) is 0 Å². The van der Waals surface area contributed by atoms with Crippen LogP contribution in [-0.2, 0) is 16.1 Å². The van der Waals surface area contributed by atoms with Crippen molar-refractivity contribution in [2.45, 2.75) is 31.5 Å². The van der Waals surface area contributed by atoms with Crippen LogP contribution in [0.1, 0.15) is 19.8 Å². The maximum atomic E-state index is 11.3. The Balaban J connectivity index is 2.15. The minimum atomic E-state index is -0.298. The van der Waals surface area contributed by atoms with Gasteiger partial charge in [-0.25, -0.2) is 0 Å². The first-order valence-corrected chi connectivity index (χ1v) is 9.15. The van der Waals surface area contributed by atoms with Crippen molar-refractivity contribution in [1.82, 2.24) is 14.8 Å². The molecular weight excluding hydrogens is 338 g/mol. The molecule has 0 aliphatic carbocycles. The summed E-state index contributed by atoms with van der Waals surface area (Å²) in [4.78, 5) is 11.3. The van der Waals surface area contributed by atoms with Crippen molar-refractivity contribution in [2.24, 2.45) is 0 Å². The van der Waals surface area contributed by atoms with E-state index in [0.717, 1.165) is 36.6 Å². The number of esters is 1. The van der Waals surface area contributed by atoms with Gasteiger partial charge in [0.2, 0.25) is 0 Å². The van der Waals surface area contributed by atoms with Crippen molar-refractivity contribution >= 4 is 17.7 Å². The van der Waals surface area contributed by atoms with Crippen LogP contribution in [0, 0.1) is 0 Å². The number of hydrogen-bond donors (Lipinski definition) is 0. The number of carbonyl (C=O) groups is 1. The second-order valence-corrected chi connectivity index (χ2v) is 6.24. The zero-order valence-corrected chi connectivity index (χ0v) is 15.4. The number of carbonyl (C=O) groups excluding carboxylic acids is 1. The summed E-state index contributed by atoms with van der Waals surface area (Å²) in [7, 11) is 1.37. The largest absolute Gasteiger partial charge is 0.494 e. The predicted molar refractivity (Wildman–Crippen MR) is 98.8 cm³/mol. The number of hydrogen-bond acceptors (Lipinski definition) is 6. The summed E-state index contributed by atoms with van der Waals surface area (Å²) in [6.45, 7) is 7.19. The van der Waals surface area contributed by atoms with Crippen LogP contribution in [0.5, 0.6) is 5.75 Å². The molecular formula is C18H23N3O3S. The molecule has 0 aliphatic rings. The van der Waals surface area contributed by atoms with Crippen LogP contribution >= 0.6 is 11.8 Å². The lowest BCUT2D eigenvalue weighted by atomic mass is 10.2. The molecule has 0 amide bonds. The molecule has 1 aromatic carbocycles.